The van der Waals surface area contributed by atoms with Crippen LogP contribution in [0.1, 0.15) is 234 Å². The highest BCUT2D eigenvalue weighted by Gasteiger charge is 2.54. The van der Waals surface area contributed by atoms with Crippen molar-refractivity contribution in [1.29, 1.82) is 0 Å². The summed E-state index contributed by atoms with van der Waals surface area (Å²) in [6.45, 7) is 7.86. The van der Waals surface area contributed by atoms with E-state index in [0.717, 1.165) is 90.4 Å². The molecule has 3 fully saturated rings. The topological polar surface area (TPSA) is 393 Å². The minimum atomic E-state index is -3.77. The Bertz CT molecular complexity index is 2290. The fourth-order valence-corrected chi connectivity index (χ4v) is 12.7. The first-order valence-electron chi connectivity index (χ1n) is 37.1. The Balaban J connectivity index is 1.49. The lowest BCUT2D eigenvalue weighted by atomic mass is 9.95. The maximum Gasteiger partial charge on any atom is 0.327 e. The Labute approximate surface area is 588 Å². The number of ether oxygens (including phenoxy) is 8. The summed E-state index contributed by atoms with van der Waals surface area (Å²) in [5, 5.41) is 93.0. The number of carbonyl (C=O) groups is 5. The van der Waals surface area contributed by atoms with E-state index >= 15 is 0 Å². The van der Waals surface area contributed by atoms with Crippen LogP contribution in [0.3, 0.4) is 0 Å². The molecule has 0 aromatic rings. The SMILES string of the molecule is CCCCCCCC/C=C\CCCCCCCC(=O)O[C@H](COC(=O)C(/C=C/CCCCCCCC)CCCCCC)COP(C)(=O)OCCNC(=O)CCCCC(=O)NCCCO[C@@H]1OC(CO)[C@H](O)[C@H](O[C@@H]2OC(CO)[C@H](O)[C@H](O)C2NC(C)=O)C1O[C@@H]1OC(C)[C@@H](O)[C@H](O)C1O. The van der Waals surface area contributed by atoms with Crippen molar-refractivity contribution >= 4 is 37.3 Å². The molecule has 3 amide bonds. The first-order valence-corrected chi connectivity index (χ1v) is 39.1. The summed E-state index contributed by atoms with van der Waals surface area (Å²) in [7, 11) is -3.77. The molecule has 0 saturated carbocycles. The molecule has 0 bridgehead atoms. The Kier molecular flexibility index (Phi) is 48.2. The minimum Gasteiger partial charge on any atom is -0.461 e. The molecule has 0 aromatic carbocycles. The zero-order valence-electron chi connectivity index (χ0n) is 60.3. The highest BCUT2D eigenvalue weighted by Crippen LogP contribution is 2.44. The van der Waals surface area contributed by atoms with Gasteiger partial charge in [0.25, 0.3) is 0 Å². The summed E-state index contributed by atoms with van der Waals surface area (Å²) in [6.07, 6.45) is 13.2. The Morgan fingerprint density at radius 2 is 1.05 bits per heavy atom. The van der Waals surface area contributed by atoms with E-state index in [1.54, 1.807) is 0 Å². The lowest BCUT2D eigenvalue weighted by Crippen LogP contribution is -2.68. The van der Waals surface area contributed by atoms with Gasteiger partial charge in [0.1, 0.15) is 73.7 Å². The fraction of sp³-hybridized carbons (Fsp3) is 0.873. The summed E-state index contributed by atoms with van der Waals surface area (Å²) in [5.74, 6) is -2.70. The van der Waals surface area contributed by atoms with Crippen molar-refractivity contribution in [2.45, 2.75) is 332 Å². The van der Waals surface area contributed by atoms with Crippen LogP contribution < -0.4 is 16.0 Å². The number of hydrogen-bond donors (Lipinski definition) is 11. The van der Waals surface area contributed by atoms with E-state index in [4.69, 9.17) is 46.9 Å². The van der Waals surface area contributed by atoms with Gasteiger partial charge >= 0.3 is 19.5 Å². The second-order valence-electron chi connectivity index (χ2n) is 26.6. The highest BCUT2D eigenvalue weighted by atomic mass is 31.2. The number of unbranched alkanes of at least 4 members (excludes halogenated alkanes) is 21. The predicted molar refractivity (Wildman–Crippen MR) is 369 cm³/mol. The van der Waals surface area contributed by atoms with E-state index in [9.17, 15) is 69.4 Å². The van der Waals surface area contributed by atoms with Gasteiger partial charge < -0.3 is 104 Å². The van der Waals surface area contributed by atoms with Gasteiger partial charge in [-0.05, 0) is 77.6 Å². The van der Waals surface area contributed by atoms with E-state index in [2.05, 4.69) is 54.9 Å². The van der Waals surface area contributed by atoms with Crippen molar-refractivity contribution in [3.05, 3.63) is 24.3 Å². The fourth-order valence-electron chi connectivity index (χ4n) is 11.8. The van der Waals surface area contributed by atoms with E-state index in [1.165, 1.54) is 77.8 Å². The lowest BCUT2D eigenvalue weighted by Gasteiger charge is -2.49. The van der Waals surface area contributed by atoms with Crippen LogP contribution in [0.15, 0.2) is 24.3 Å². The number of hydrogen-bond acceptors (Lipinski definition) is 24. The molecule has 3 heterocycles. The molecule has 27 nitrogen and oxygen atoms in total. The van der Waals surface area contributed by atoms with E-state index in [0.29, 0.717) is 25.7 Å². The molecule has 0 spiro atoms. The molecule has 8 unspecified atom stereocenters. The predicted octanol–water partition coefficient (Wildman–Crippen LogP) is 7.05. The second kappa shape index (κ2) is 53.2. The average Bonchev–Trinajstić information content (AvgIpc) is 0.774. The highest BCUT2D eigenvalue weighted by molar-refractivity contribution is 7.52. The molecule has 0 aliphatic carbocycles. The Morgan fingerprint density at radius 1 is 0.525 bits per heavy atom. The summed E-state index contributed by atoms with van der Waals surface area (Å²) in [5.41, 5.74) is 0. The summed E-state index contributed by atoms with van der Waals surface area (Å²) in [4.78, 5) is 64.7. The van der Waals surface area contributed by atoms with E-state index in [1.807, 2.05) is 6.08 Å². The molecule has 3 aliphatic rings. The molecule has 576 valence electrons. The molecule has 11 N–H and O–H groups in total. The number of carbonyl (C=O) groups excluding carboxylic acids is 5. The van der Waals surface area contributed by atoms with Gasteiger partial charge in [0.15, 0.2) is 25.0 Å². The van der Waals surface area contributed by atoms with Gasteiger partial charge in [-0.15, -0.1) is 0 Å². The molecule has 3 rings (SSSR count). The first-order chi connectivity index (χ1) is 47.6. The van der Waals surface area contributed by atoms with Crippen LogP contribution in [-0.4, -0.2) is 228 Å². The maximum absolute atomic E-state index is 13.6. The zero-order valence-corrected chi connectivity index (χ0v) is 61.2. The smallest absolute Gasteiger partial charge is 0.327 e. The van der Waals surface area contributed by atoms with Gasteiger partial charge in [0, 0.05) is 45.9 Å². The van der Waals surface area contributed by atoms with Crippen LogP contribution in [0.4, 0.5) is 0 Å². The van der Waals surface area contributed by atoms with Crippen LogP contribution in [0, 0.1) is 5.92 Å². The van der Waals surface area contributed by atoms with Crippen molar-refractivity contribution < 1.29 is 116 Å². The third kappa shape index (κ3) is 37.1. The third-order valence-corrected chi connectivity index (χ3v) is 19.1. The zero-order chi connectivity index (χ0) is 72.8. The first kappa shape index (κ1) is 89.6. The molecule has 0 radical (unpaired) electrons. The lowest BCUT2D eigenvalue weighted by molar-refractivity contribution is -0.385. The van der Waals surface area contributed by atoms with Gasteiger partial charge in [-0.2, -0.15) is 0 Å². The van der Waals surface area contributed by atoms with Crippen molar-refractivity contribution in [3.8, 4) is 0 Å². The van der Waals surface area contributed by atoms with Crippen LogP contribution in [0.5, 0.6) is 0 Å². The summed E-state index contributed by atoms with van der Waals surface area (Å²) in [6, 6.07) is -1.48. The third-order valence-electron chi connectivity index (χ3n) is 17.8. The largest absolute Gasteiger partial charge is 0.461 e. The Hall–Kier alpha value is -3.58. The molecule has 3 aliphatic heterocycles. The van der Waals surface area contributed by atoms with E-state index in [-0.39, 0.29) is 77.0 Å². The number of aliphatic hydroxyl groups excluding tert-OH is 8. The average molecular weight is 1440 g/mol. The number of allylic oxidation sites excluding steroid dienone is 3. The molecular weight excluding hydrogens is 1310 g/mol. The molecule has 0 aromatic heterocycles. The molecule has 99 heavy (non-hydrogen) atoms. The monoisotopic (exact) mass is 1440 g/mol. The van der Waals surface area contributed by atoms with Gasteiger partial charge in [-0.25, -0.2) is 0 Å². The minimum absolute atomic E-state index is 0.00869. The number of nitrogens with one attached hydrogen (secondary N) is 3. The molecule has 28 heteroatoms. The van der Waals surface area contributed by atoms with Crippen LogP contribution in [-0.2, 0) is 75.5 Å². The van der Waals surface area contributed by atoms with Gasteiger partial charge in [-0.3, -0.25) is 28.5 Å². The summed E-state index contributed by atoms with van der Waals surface area (Å²) >= 11 is 0. The Morgan fingerprint density at radius 3 is 1.65 bits per heavy atom. The van der Waals surface area contributed by atoms with Gasteiger partial charge in [-0.1, -0.05) is 154 Å². The normalized spacial score (nSPS) is 27.0. The quantitative estimate of drug-likeness (QED) is 0.0126. The van der Waals surface area contributed by atoms with Crippen LogP contribution in [0.2, 0.25) is 0 Å². The number of aliphatic hydroxyl groups is 8. The number of amides is 3. The summed E-state index contributed by atoms with van der Waals surface area (Å²) < 4.78 is 72.0. The second-order valence-corrected chi connectivity index (χ2v) is 28.6. The standard InChI is InChI=1S/C71H128N3O24P/c1-7-10-13-16-18-20-21-22-23-24-25-26-28-30-33-41-58(80)94-53(48-90-68(87)52(37-31-15-12-9-3)38-32-29-27-19-17-14-11-8-2)49-92-99(6,88)91-45-43-73-57(79)40-35-34-39-56(78)72-42-36-44-89-71-67(98-70-65(86)64(85)60(81)50(4)93-70)66(62(83)55(47-76)96-71)97-69-59(74-51(5)77)63(84)61(82)54(46-75)95-69/h22-23,32,38,50,52-55,59-67,69-71,75-76,81-86H,7-21,24-31,33-37,39-49H2,1-6H3,(H,72,78)(H,73,79)(H,74,77)/b23-22-,38-32+/t50?,52?,53-,54?,55?,59?,60-,61+,62+,63-,64+,65?,66+,67?,69+,70+,71-,99?/m1/s1. The number of esters is 2. The van der Waals surface area contributed by atoms with Gasteiger partial charge in [0.05, 0.1) is 45.1 Å². The van der Waals surface area contributed by atoms with Crippen LogP contribution >= 0.6 is 7.60 Å². The van der Waals surface area contributed by atoms with Crippen molar-refractivity contribution in [2.24, 2.45) is 5.92 Å². The van der Waals surface area contributed by atoms with Crippen molar-refractivity contribution in [3.63, 3.8) is 0 Å². The van der Waals surface area contributed by atoms with Gasteiger partial charge in [0.2, 0.25) is 17.7 Å². The van der Waals surface area contributed by atoms with Crippen molar-refractivity contribution in [2.75, 3.05) is 59.4 Å². The van der Waals surface area contributed by atoms with Crippen LogP contribution in [0.25, 0.3) is 0 Å². The number of rotatable bonds is 56. The van der Waals surface area contributed by atoms with E-state index < -0.39 is 143 Å². The maximum atomic E-state index is 13.6. The van der Waals surface area contributed by atoms with Crippen molar-refractivity contribution in [1.82, 2.24) is 16.0 Å². The molecule has 3 saturated heterocycles. The molecular formula is C71H128N3O24P. The molecule has 18 atom stereocenters.